The third kappa shape index (κ3) is 3.99. The van der Waals surface area contributed by atoms with Crippen LogP contribution in [0.4, 0.5) is 0 Å². The number of nitrogens with one attached hydrogen (secondary N) is 2. The van der Waals surface area contributed by atoms with Crippen LogP contribution in [0.1, 0.15) is 29.7 Å². The third-order valence-electron chi connectivity index (χ3n) is 4.24. The minimum atomic E-state index is 0.155. The van der Waals surface area contributed by atoms with Gasteiger partial charge in [-0.2, -0.15) is 0 Å². The molecule has 1 aliphatic heterocycles. The van der Waals surface area contributed by atoms with E-state index in [1.165, 1.54) is 0 Å². The predicted octanol–water partition coefficient (Wildman–Crippen LogP) is 1.87. The van der Waals surface area contributed by atoms with Crippen molar-refractivity contribution in [2.75, 3.05) is 13.2 Å². The number of hydrogen-bond donors (Lipinski definition) is 2. The molecule has 132 valence electrons. The molecule has 0 amide bonds. The number of guanidine groups is 1. The molecule has 2 heterocycles. The maximum absolute atomic E-state index is 5.73. The Kier molecular flexibility index (Phi) is 5.33. The summed E-state index contributed by atoms with van der Waals surface area (Å²) in [6.07, 6.45) is 2.69. The fourth-order valence-corrected chi connectivity index (χ4v) is 2.72. The van der Waals surface area contributed by atoms with Gasteiger partial charge in [0, 0.05) is 25.6 Å². The van der Waals surface area contributed by atoms with Gasteiger partial charge in [0.2, 0.25) is 0 Å². The Morgan fingerprint density at radius 3 is 3.04 bits per heavy atom. The van der Waals surface area contributed by atoms with Crippen LogP contribution in [0.5, 0.6) is 5.75 Å². The Balaban J connectivity index is 1.76. The normalized spacial score (nSPS) is 16.7. The molecule has 2 N–H and O–H groups in total. The van der Waals surface area contributed by atoms with Crippen LogP contribution in [0.2, 0.25) is 0 Å². The van der Waals surface area contributed by atoms with Crippen LogP contribution in [0.3, 0.4) is 0 Å². The number of rotatable bonds is 5. The van der Waals surface area contributed by atoms with E-state index in [2.05, 4.69) is 38.5 Å². The minimum Gasteiger partial charge on any atom is -0.493 e. The lowest BCUT2D eigenvalue weighted by molar-refractivity contribution is 0.261. The summed E-state index contributed by atoms with van der Waals surface area (Å²) in [7, 11) is 1.94. The second-order valence-corrected chi connectivity index (χ2v) is 5.93. The van der Waals surface area contributed by atoms with Crippen molar-refractivity contribution in [3.63, 3.8) is 0 Å². The average Bonchev–Trinajstić information content (AvgIpc) is 2.96. The number of aliphatic imine (C=N–C) groups is 1. The van der Waals surface area contributed by atoms with Crippen molar-refractivity contribution >= 4 is 5.96 Å². The zero-order chi connectivity index (χ0) is 17.6. The first-order chi connectivity index (χ1) is 12.2. The topological polar surface area (TPSA) is 76.4 Å². The number of hydrogen-bond acceptors (Lipinski definition) is 4. The number of fused-ring (bicyclic) bond motifs is 1. The number of aromatic nitrogens is 3. The van der Waals surface area contributed by atoms with Gasteiger partial charge in [0.25, 0.3) is 0 Å². The molecule has 0 radical (unpaired) electrons. The summed E-state index contributed by atoms with van der Waals surface area (Å²) in [6, 6.07) is 8.26. The van der Waals surface area contributed by atoms with Gasteiger partial charge in [-0.05, 0) is 13.0 Å². The smallest absolute Gasteiger partial charge is 0.192 e. The highest BCUT2D eigenvalue weighted by Crippen LogP contribution is 2.31. The van der Waals surface area contributed by atoms with Crippen molar-refractivity contribution in [3.05, 3.63) is 54.1 Å². The number of nitrogens with zero attached hydrogens (tertiary/aromatic N) is 4. The first kappa shape index (κ1) is 17.0. The fraction of sp³-hybridized carbons (Fsp3) is 0.389. The van der Waals surface area contributed by atoms with Gasteiger partial charge in [-0.25, -0.2) is 4.99 Å². The molecule has 0 saturated heterocycles. The van der Waals surface area contributed by atoms with Crippen LogP contribution in [0.25, 0.3) is 0 Å². The van der Waals surface area contributed by atoms with Gasteiger partial charge in [0.15, 0.2) is 11.8 Å². The van der Waals surface area contributed by atoms with Gasteiger partial charge in [0.05, 0.1) is 12.6 Å². The average molecular weight is 340 g/mol. The molecule has 0 spiro atoms. The van der Waals surface area contributed by atoms with Crippen molar-refractivity contribution in [1.82, 2.24) is 25.4 Å². The van der Waals surface area contributed by atoms with Gasteiger partial charge in [-0.15, -0.1) is 16.8 Å². The van der Waals surface area contributed by atoms with E-state index in [1.54, 1.807) is 0 Å². The van der Waals surface area contributed by atoms with Gasteiger partial charge < -0.3 is 19.9 Å². The molecular weight excluding hydrogens is 316 g/mol. The van der Waals surface area contributed by atoms with Crippen molar-refractivity contribution in [1.29, 1.82) is 0 Å². The molecule has 2 aromatic rings. The van der Waals surface area contributed by atoms with E-state index in [-0.39, 0.29) is 6.04 Å². The molecule has 7 heteroatoms. The zero-order valence-electron chi connectivity index (χ0n) is 14.7. The highest BCUT2D eigenvalue weighted by molar-refractivity contribution is 5.80. The molecule has 7 nitrogen and oxygen atoms in total. The highest BCUT2D eigenvalue weighted by atomic mass is 16.5. The van der Waals surface area contributed by atoms with E-state index >= 15 is 0 Å². The maximum atomic E-state index is 5.73. The predicted molar refractivity (Wildman–Crippen MR) is 97.5 cm³/mol. The van der Waals surface area contributed by atoms with Gasteiger partial charge in [-0.3, -0.25) is 0 Å². The second-order valence-electron chi connectivity index (χ2n) is 5.93. The van der Waals surface area contributed by atoms with Crippen molar-refractivity contribution in [2.24, 2.45) is 12.0 Å². The molecule has 1 aromatic carbocycles. The summed E-state index contributed by atoms with van der Waals surface area (Å²) >= 11 is 0. The SMILES string of the molecule is C=CCNC(=NCc1nnc(C)n1C)NC1CCOc2ccccc21. The summed E-state index contributed by atoms with van der Waals surface area (Å²) in [5.74, 6) is 3.35. The molecule has 1 atom stereocenters. The van der Waals surface area contributed by atoms with Crippen LogP contribution >= 0.6 is 0 Å². The molecule has 1 aromatic heterocycles. The Labute approximate surface area is 147 Å². The number of para-hydroxylation sites is 1. The number of benzene rings is 1. The summed E-state index contributed by atoms with van der Waals surface area (Å²) in [4.78, 5) is 4.66. The van der Waals surface area contributed by atoms with Crippen LogP contribution in [0.15, 0.2) is 41.9 Å². The molecular formula is C18H24N6O. The summed E-state index contributed by atoms with van der Waals surface area (Å²) in [5.41, 5.74) is 1.15. The van der Waals surface area contributed by atoms with E-state index in [9.17, 15) is 0 Å². The van der Waals surface area contributed by atoms with Crippen LogP contribution < -0.4 is 15.4 Å². The van der Waals surface area contributed by atoms with E-state index in [0.717, 1.165) is 35.3 Å². The molecule has 0 fully saturated rings. The van der Waals surface area contributed by atoms with E-state index < -0.39 is 0 Å². The molecule has 1 aliphatic rings. The van der Waals surface area contributed by atoms with Crippen LogP contribution in [-0.4, -0.2) is 33.9 Å². The third-order valence-corrected chi connectivity index (χ3v) is 4.24. The Bertz CT molecular complexity index is 767. The van der Waals surface area contributed by atoms with Crippen molar-refractivity contribution in [2.45, 2.75) is 25.9 Å². The lowest BCUT2D eigenvalue weighted by Gasteiger charge is -2.28. The van der Waals surface area contributed by atoms with Crippen LogP contribution in [-0.2, 0) is 13.6 Å². The maximum Gasteiger partial charge on any atom is 0.192 e. The standard InChI is InChI=1S/C18H24N6O/c1-4-10-19-18(20-12-17-23-22-13(2)24(17)3)21-15-9-11-25-16-8-6-5-7-14(15)16/h4-8,15H,1,9-12H2,2-3H3,(H2,19,20,21). The lowest BCUT2D eigenvalue weighted by atomic mass is 10.0. The Morgan fingerprint density at radius 2 is 2.28 bits per heavy atom. The first-order valence-electron chi connectivity index (χ1n) is 8.41. The molecule has 25 heavy (non-hydrogen) atoms. The van der Waals surface area contributed by atoms with E-state index in [1.807, 2.05) is 42.8 Å². The monoisotopic (exact) mass is 340 g/mol. The molecule has 0 aliphatic carbocycles. The van der Waals surface area contributed by atoms with Gasteiger partial charge in [0.1, 0.15) is 18.1 Å². The molecule has 0 bridgehead atoms. The fourth-order valence-electron chi connectivity index (χ4n) is 2.72. The summed E-state index contributed by atoms with van der Waals surface area (Å²) < 4.78 is 7.67. The number of aryl methyl sites for hydroxylation is 1. The largest absolute Gasteiger partial charge is 0.493 e. The van der Waals surface area contributed by atoms with Crippen molar-refractivity contribution in [3.8, 4) is 5.75 Å². The van der Waals surface area contributed by atoms with Gasteiger partial charge >= 0.3 is 0 Å². The van der Waals surface area contributed by atoms with E-state index in [4.69, 9.17) is 4.74 Å². The minimum absolute atomic E-state index is 0.155. The molecule has 3 rings (SSSR count). The van der Waals surface area contributed by atoms with Gasteiger partial charge in [-0.1, -0.05) is 24.3 Å². The number of ether oxygens (including phenoxy) is 1. The first-order valence-corrected chi connectivity index (χ1v) is 8.41. The Hall–Kier alpha value is -2.83. The Morgan fingerprint density at radius 1 is 1.44 bits per heavy atom. The molecule has 0 saturated carbocycles. The lowest BCUT2D eigenvalue weighted by Crippen LogP contribution is -2.41. The second kappa shape index (κ2) is 7.83. The summed E-state index contributed by atoms with van der Waals surface area (Å²) in [5, 5.41) is 15.0. The highest BCUT2D eigenvalue weighted by Gasteiger charge is 2.21. The van der Waals surface area contributed by atoms with Crippen LogP contribution in [0, 0.1) is 6.92 Å². The van der Waals surface area contributed by atoms with Crippen molar-refractivity contribution < 1.29 is 4.74 Å². The van der Waals surface area contributed by atoms with E-state index in [0.29, 0.717) is 19.7 Å². The zero-order valence-corrected chi connectivity index (χ0v) is 14.7. The quantitative estimate of drug-likeness (QED) is 0.494. The molecule has 1 unspecified atom stereocenters. The summed E-state index contributed by atoms with van der Waals surface area (Å²) in [6.45, 7) is 7.46.